The van der Waals surface area contributed by atoms with E-state index < -0.39 is 18.1 Å². The van der Waals surface area contributed by atoms with Crippen molar-refractivity contribution in [3.63, 3.8) is 0 Å². The van der Waals surface area contributed by atoms with E-state index in [4.69, 9.17) is 21.3 Å². The second-order valence-electron chi connectivity index (χ2n) is 9.56. The van der Waals surface area contributed by atoms with Gasteiger partial charge in [0.1, 0.15) is 18.5 Å². The molecule has 2 heterocycles. The van der Waals surface area contributed by atoms with Crippen LogP contribution in [0.25, 0.3) is 0 Å². The van der Waals surface area contributed by atoms with Crippen molar-refractivity contribution in [3.8, 4) is 0 Å². The van der Waals surface area contributed by atoms with Crippen LogP contribution in [0.1, 0.15) is 55.3 Å². The van der Waals surface area contributed by atoms with Gasteiger partial charge in [0.25, 0.3) is 0 Å². The number of hydrogen-bond donors (Lipinski definition) is 3. The number of aryl methyl sites for hydroxylation is 2. The number of hydrogen-bond acceptors (Lipinski definition) is 6. The minimum atomic E-state index is -1.06. The molecule has 2 aromatic rings. The molecule has 1 aromatic heterocycles. The highest BCUT2D eigenvalue weighted by Crippen LogP contribution is 2.27. The third-order valence-electron chi connectivity index (χ3n) is 6.76. The lowest BCUT2D eigenvalue weighted by Gasteiger charge is -2.24. The predicted molar refractivity (Wildman–Crippen MR) is 139 cm³/mol. The summed E-state index contributed by atoms with van der Waals surface area (Å²) in [7, 11) is 0. The number of carbonyl (C=O) groups is 2. The van der Waals surface area contributed by atoms with Crippen molar-refractivity contribution in [2.45, 2.75) is 70.1 Å². The number of unbranched alkanes of at least 4 members (excludes halogenated alkanes) is 1. The van der Waals surface area contributed by atoms with E-state index in [1.807, 2.05) is 0 Å². The first-order chi connectivity index (χ1) is 17.5. The molecule has 1 amide bonds. The van der Waals surface area contributed by atoms with Crippen molar-refractivity contribution in [1.82, 2.24) is 15.2 Å². The number of carbonyl (C=O) groups excluding carboxylic acids is 1. The monoisotopic (exact) mass is 514 g/mol. The number of halogens is 1. The Hall–Kier alpha value is -2.84. The first kappa shape index (κ1) is 26.2. The number of rotatable bonds is 13. The fourth-order valence-electron chi connectivity index (χ4n) is 4.54. The second-order valence-corrected chi connectivity index (χ2v) is 9.96. The molecule has 0 radical (unpaired) electrons. The molecule has 1 aliphatic carbocycles. The zero-order chi connectivity index (χ0) is 25.3. The summed E-state index contributed by atoms with van der Waals surface area (Å²) in [5, 5.41) is 16.0. The van der Waals surface area contributed by atoms with Crippen LogP contribution < -0.4 is 10.6 Å². The number of carboxylic acid groups (broad SMARTS) is 1. The molecular formula is C27H35ClN4O4. The molecule has 4 rings (SSSR count). The van der Waals surface area contributed by atoms with Gasteiger partial charge in [0.05, 0.1) is 0 Å². The third kappa shape index (κ3) is 7.83. The lowest BCUT2D eigenvalue weighted by molar-refractivity contribution is -0.139. The largest absolute Gasteiger partial charge is 0.480 e. The molecule has 1 aliphatic heterocycles. The van der Waals surface area contributed by atoms with Gasteiger partial charge in [0.2, 0.25) is 0 Å². The molecule has 1 saturated carbocycles. The Balaban J connectivity index is 1.19. The van der Waals surface area contributed by atoms with Crippen LogP contribution in [-0.4, -0.2) is 58.8 Å². The van der Waals surface area contributed by atoms with Gasteiger partial charge >= 0.3 is 12.1 Å². The van der Waals surface area contributed by atoms with Crippen LogP contribution in [0.4, 0.5) is 10.6 Å². The summed E-state index contributed by atoms with van der Waals surface area (Å²) in [5.41, 5.74) is 3.09. The van der Waals surface area contributed by atoms with Crippen molar-refractivity contribution in [2.75, 3.05) is 25.0 Å². The highest BCUT2D eigenvalue weighted by Gasteiger charge is 2.30. The SMILES string of the molecule is O=C(N[C@@H](CCN(CCCCc1ccc2c(n1)NCCC2)C1CC1)C(=O)O)OCc1ccccc1Cl. The van der Waals surface area contributed by atoms with Crippen molar-refractivity contribution >= 4 is 29.5 Å². The van der Waals surface area contributed by atoms with E-state index in [0.29, 0.717) is 29.6 Å². The number of ether oxygens (including phenoxy) is 1. The maximum absolute atomic E-state index is 12.2. The van der Waals surface area contributed by atoms with Crippen LogP contribution in [0.15, 0.2) is 36.4 Å². The summed E-state index contributed by atoms with van der Waals surface area (Å²) in [6.45, 7) is 2.51. The van der Waals surface area contributed by atoms with Gasteiger partial charge in [-0.25, -0.2) is 14.6 Å². The van der Waals surface area contributed by atoms with Crippen molar-refractivity contribution in [3.05, 3.63) is 58.2 Å². The first-order valence-electron chi connectivity index (χ1n) is 12.9. The van der Waals surface area contributed by atoms with Gasteiger partial charge in [-0.15, -0.1) is 0 Å². The van der Waals surface area contributed by atoms with Gasteiger partial charge in [-0.1, -0.05) is 35.9 Å². The molecule has 0 bridgehead atoms. The average Bonchev–Trinajstić information content (AvgIpc) is 3.72. The molecule has 36 heavy (non-hydrogen) atoms. The van der Waals surface area contributed by atoms with Gasteiger partial charge in [-0.2, -0.15) is 0 Å². The maximum atomic E-state index is 12.2. The number of carboxylic acids is 1. The molecule has 194 valence electrons. The highest BCUT2D eigenvalue weighted by molar-refractivity contribution is 6.31. The lowest BCUT2D eigenvalue weighted by Crippen LogP contribution is -2.43. The molecule has 3 N–H and O–H groups in total. The summed E-state index contributed by atoms with van der Waals surface area (Å²) in [4.78, 5) is 31.1. The summed E-state index contributed by atoms with van der Waals surface area (Å²) >= 11 is 6.08. The average molecular weight is 515 g/mol. The number of anilines is 1. The summed E-state index contributed by atoms with van der Waals surface area (Å²) in [5.74, 6) is -0.0245. The molecule has 0 unspecified atom stereocenters. The Morgan fingerprint density at radius 1 is 1.19 bits per heavy atom. The van der Waals surface area contributed by atoms with E-state index in [-0.39, 0.29) is 6.61 Å². The summed E-state index contributed by atoms with van der Waals surface area (Å²) in [6, 6.07) is 10.9. The molecule has 2 aliphatic rings. The fourth-order valence-corrected chi connectivity index (χ4v) is 4.73. The van der Waals surface area contributed by atoms with E-state index in [9.17, 15) is 14.7 Å². The van der Waals surface area contributed by atoms with E-state index in [1.165, 1.54) is 5.56 Å². The molecule has 8 nitrogen and oxygen atoms in total. The normalized spacial score (nSPS) is 15.6. The van der Waals surface area contributed by atoms with Crippen LogP contribution in [-0.2, 0) is 29.0 Å². The Bertz CT molecular complexity index is 1050. The van der Waals surface area contributed by atoms with E-state index >= 15 is 0 Å². The number of pyridine rings is 1. The predicted octanol–water partition coefficient (Wildman–Crippen LogP) is 4.65. The summed E-state index contributed by atoms with van der Waals surface area (Å²) < 4.78 is 5.19. The number of alkyl carbamates (subject to hydrolysis) is 1. The zero-order valence-electron chi connectivity index (χ0n) is 20.5. The van der Waals surface area contributed by atoms with Gasteiger partial charge in [0.15, 0.2) is 0 Å². The van der Waals surface area contributed by atoms with E-state index in [0.717, 1.165) is 69.5 Å². The third-order valence-corrected chi connectivity index (χ3v) is 7.12. The molecule has 1 atom stereocenters. The minimum absolute atomic E-state index is 0.0127. The van der Waals surface area contributed by atoms with Gasteiger partial charge in [-0.3, -0.25) is 0 Å². The fraction of sp³-hybridized carbons (Fsp3) is 0.519. The second kappa shape index (κ2) is 12.9. The number of amides is 1. The Labute approximate surface area is 217 Å². The van der Waals surface area contributed by atoms with Crippen molar-refractivity contribution in [2.24, 2.45) is 0 Å². The quantitative estimate of drug-likeness (QED) is 0.334. The van der Waals surface area contributed by atoms with E-state index in [2.05, 4.69) is 27.7 Å². The molecule has 0 spiro atoms. The van der Waals surface area contributed by atoms with Crippen LogP contribution in [0.3, 0.4) is 0 Å². The minimum Gasteiger partial charge on any atom is -0.480 e. The topological polar surface area (TPSA) is 104 Å². The molecule has 1 aromatic carbocycles. The first-order valence-corrected chi connectivity index (χ1v) is 13.2. The number of aromatic nitrogens is 1. The van der Waals surface area contributed by atoms with Gasteiger partial charge in [0, 0.05) is 35.4 Å². The molecule has 9 heteroatoms. The maximum Gasteiger partial charge on any atom is 0.408 e. The van der Waals surface area contributed by atoms with Crippen LogP contribution in [0, 0.1) is 0 Å². The highest BCUT2D eigenvalue weighted by atomic mass is 35.5. The smallest absolute Gasteiger partial charge is 0.408 e. The number of fused-ring (bicyclic) bond motifs is 1. The van der Waals surface area contributed by atoms with Crippen molar-refractivity contribution in [1.29, 1.82) is 0 Å². The number of nitrogens with one attached hydrogen (secondary N) is 2. The van der Waals surface area contributed by atoms with E-state index in [1.54, 1.807) is 24.3 Å². The number of aliphatic carboxylic acids is 1. The number of benzene rings is 1. The van der Waals surface area contributed by atoms with Crippen molar-refractivity contribution < 1.29 is 19.4 Å². The van der Waals surface area contributed by atoms with Gasteiger partial charge in [-0.05, 0) is 75.6 Å². The van der Waals surface area contributed by atoms with Crippen LogP contribution in [0.2, 0.25) is 5.02 Å². The van der Waals surface area contributed by atoms with Crippen LogP contribution >= 0.6 is 11.6 Å². The molecule has 1 fully saturated rings. The zero-order valence-corrected chi connectivity index (χ0v) is 21.3. The van der Waals surface area contributed by atoms with Gasteiger partial charge < -0.3 is 25.4 Å². The Morgan fingerprint density at radius 2 is 2.03 bits per heavy atom. The molecule has 0 saturated heterocycles. The molecular weight excluding hydrogens is 480 g/mol. The van der Waals surface area contributed by atoms with Crippen LogP contribution in [0.5, 0.6) is 0 Å². The Morgan fingerprint density at radius 3 is 2.81 bits per heavy atom. The lowest BCUT2D eigenvalue weighted by atomic mass is 10.1. The Kier molecular flexibility index (Phi) is 9.41. The number of nitrogens with zero attached hydrogens (tertiary/aromatic N) is 2. The standard InChI is InChI=1S/C27H35ClN4O4/c28-23-9-2-1-6-20(23)18-36-27(35)31-24(26(33)34)14-17-32(22-12-13-22)16-4-3-8-21-11-10-19-7-5-15-29-25(19)30-21/h1-2,6,9-11,22,24H,3-5,7-8,12-18H2,(H,29,30)(H,31,35)(H,33,34)/t24-/m0/s1. The summed E-state index contributed by atoms with van der Waals surface area (Å²) in [6.07, 6.45) is 7.09.